The molecule has 0 bridgehead atoms. The van der Waals surface area contributed by atoms with E-state index in [1.165, 1.54) is 6.33 Å². The number of aryl methyl sites for hydroxylation is 2. The van der Waals surface area contributed by atoms with E-state index in [1.54, 1.807) is 12.1 Å². The number of benzene rings is 2. The normalized spacial score (nSPS) is 11.1. The largest absolute Gasteiger partial charge is 0.335 e. The van der Waals surface area contributed by atoms with Crippen molar-refractivity contribution < 1.29 is 17.6 Å². The second-order valence-corrected chi connectivity index (χ2v) is 6.04. The van der Waals surface area contributed by atoms with Crippen molar-refractivity contribution in [2.75, 3.05) is 5.32 Å². The fourth-order valence-corrected chi connectivity index (χ4v) is 2.60. The molecule has 1 aromatic heterocycles. The molecule has 0 saturated carbocycles. The summed E-state index contributed by atoms with van der Waals surface area (Å²) >= 11 is 2.47. The standard InChI is InChI=1S/C16H10BrF4N3/c1-6-3-8-9(4-7(6)2)22-5-23-16(8)24-15-13(20)11(18)10(17)12(19)14(15)21/h3-5H,1-2H3,(H,22,23,24). The van der Waals surface area contributed by atoms with Gasteiger partial charge in [-0.1, -0.05) is 0 Å². The average molecular weight is 400 g/mol. The molecule has 0 atom stereocenters. The molecule has 8 heteroatoms. The minimum absolute atomic E-state index is 0.0435. The van der Waals surface area contributed by atoms with Crippen LogP contribution in [-0.2, 0) is 0 Å². The monoisotopic (exact) mass is 399 g/mol. The van der Waals surface area contributed by atoms with Crippen molar-refractivity contribution in [2.24, 2.45) is 0 Å². The van der Waals surface area contributed by atoms with E-state index in [2.05, 4.69) is 31.2 Å². The minimum atomic E-state index is -1.55. The van der Waals surface area contributed by atoms with Gasteiger partial charge in [-0.25, -0.2) is 27.5 Å². The van der Waals surface area contributed by atoms with Crippen LogP contribution >= 0.6 is 15.9 Å². The van der Waals surface area contributed by atoms with Crippen LogP contribution in [0.25, 0.3) is 10.9 Å². The van der Waals surface area contributed by atoms with Gasteiger partial charge < -0.3 is 5.32 Å². The van der Waals surface area contributed by atoms with Crippen LogP contribution in [0.4, 0.5) is 29.1 Å². The summed E-state index contributed by atoms with van der Waals surface area (Å²) in [6, 6.07) is 3.52. The Kier molecular flexibility index (Phi) is 4.16. The highest BCUT2D eigenvalue weighted by molar-refractivity contribution is 9.10. The lowest BCUT2D eigenvalue weighted by molar-refractivity contribution is 0.452. The topological polar surface area (TPSA) is 37.8 Å². The lowest BCUT2D eigenvalue weighted by atomic mass is 10.1. The van der Waals surface area contributed by atoms with Crippen LogP contribution in [0.2, 0.25) is 0 Å². The van der Waals surface area contributed by atoms with Crippen LogP contribution in [0, 0.1) is 37.1 Å². The Labute approximate surface area is 142 Å². The van der Waals surface area contributed by atoms with Crippen LogP contribution in [0.15, 0.2) is 22.9 Å². The molecule has 1 heterocycles. The molecule has 0 unspecified atom stereocenters. The molecule has 0 saturated heterocycles. The van der Waals surface area contributed by atoms with Crippen molar-refractivity contribution in [1.82, 2.24) is 9.97 Å². The van der Waals surface area contributed by atoms with Crippen molar-refractivity contribution in [2.45, 2.75) is 13.8 Å². The smallest absolute Gasteiger partial charge is 0.186 e. The molecule has 1 N–H and O–H groups in total. The van der Waals surface area contributed by atoms with Crippen molar-refractivity contribution in [1.29, 1.82) is 0 Å². The van der Waals surface area contributed by atoms with Gasteiger partial charge in [-0.3, -0.25) is 0 Å². The van der Waals surface area contributed by atoms with Crippen molar-refractivity contribution in [3.05, 3.63) is 57.3 Å². The highest BCUT2D eigenvalue weighted by atomic mass is 79.9. The molecule has 0 aliphatic carbocycles. The fraction of sp³-hybridized carbons (Fsp3) is 0.125. The Morgan fingerprint density at radius 1 is 0.875 bits per heavy atom. The summed E-state index contributed by atoms with van der Waals surface area (Å²) in [6.07, 6.45) is 1.20. The van der Waals surface area contributed by atoms with Crippen LogP contribution in [-0.4, -0.2) is 9.97 Å². The molecule has 0 spiro atoms. The summed E-state index contributed by atoms with van der Waals surface area (Å²) in [5.41, 5.74) is 1.47. The molecular formula is C16H10BrF4N3. The number of nitrogens with zero attached hydrogens (tertiary/aromatic N) is 2. The Morgan fingerprint density at radius 2 is 1.46 bits per heavy atom. The van der Waals surface area contributed by atoms with Crippen molar-refractivity contribution in [3.63, 3.8) is 0 Å². The van der Waals surface area contributed by atoms with E-state index in [-0.39, 0.29) is 5.82 Å². The lowest BCUT2D eigenvalue weighted by Crippen LogP contribution is -2.06. The molecule has 0 aliphatic rings. The van der Waals surface area contributed by atoms with E-state index < -0.39 is 33.4 Å². The zero-order valence-electron chi connectivity index (χ0n) is 12.5. The zero-order chi connectivity index (χ0) is 17.6. The van der Waals surface area contributed by atoms with E-state index in [0.717, 1.165) is 11.1 Å². The molecule has 24 heavy (non-hydrogen) atoms. The number of fused-ring (bicyclic) bond motifs is 1. The quantitative estimate of drug-likeness (QED) is 0.360. The van der Waals surface area contributed by atoms with Gasteiger partial charge in [-0.15, -0.1) is 0 Å². The van der Waals surface area contributed by atoms with Crippen LogP contribution < -0.4 is 5.32 Å². The van der Waals surface area contributed by atoms with Crippen LogP contribution in [0.5, 0.6) is 0 Å². The van der Waals surface area contributed by atoms with Gasteiger partial charge in [0.15, 0.2) is 23.3 Å². The number of hydrogen-bond acceptors (Lipinski definition) is 3. The number of halogens is 5. The first-order chi connectivity index (χ1) is 11.3. The van der Waals surface area contributed by atoms with Crippen molar-refractivity contribution in [3.8, 4) is 0 Å². The lowest BCUT2D eigenvalue weighted by Gasteiger charge is -2.13. The Morgan fingerprint density at radius 3 is 2.08 bits per heavy atom. The third kappa shape index (κ3) is 2.60. The number of nitrogens with one attached hydrogen (secondary N) is 1. The van der Waals surface area contributed by atoms with E-state index in [4.69, 9.17) is 0 Å². The Bertz CT molecular complexity index is 946. The molecule has 3 nitrogen and oxygen atoms in total. The molecule has 3 aromatic rings. The highest BCUT2D eigenvalue weighted by Crippen LogP contribution is 2.34. The van der Waals surface area contributed by atoms with Gasteiger partial charge >= 0.3 is 0 Å². The number of hydrogen-bond donors (Lipinski definition) is 1. The number of rotatable bonds is 2. The molecule has 0 fully saturated rings. The molecule has 0 aliphatic heterocycles. The summed E-state index contributed by atoms with van der Waals surface area (Å²) in [7, 11) is 0. The maximum Gasteiger partial charge on any atom is 0.186 e. The second kappa shape index (κ2) is 6.01. The summed E-state index contributed by atoms with van der Waals surface area (Å²) in [5, 5.41) is 2.81. The van der Waals surface area contributed by atoms with Gasteiger partial charge in [-0.2, -0.15) is 0 Å². The summed E-state index contributed by atoms with van der Waals surface area (Å²) in [6.45, 7) is 3.74. The molecule has 0 radical (unpaired) electrons. The van der Waals surface area contributed by atoms with Gasteiger partial charge in [0.25, 0.3) is 0 Å². The molecule has 2 aromatic carbocycles. The third-order valence-electron chi connectivity index (χ3n) is 3.70. The maximum atomic E-state index is 14.0. The maximum absolute atomic E-state index is 14.0. The van der Waals surface area contributed by atoms with Crippen molar-refractivity contribution >= 4 is 38.3 Å². The van der Waals surface area contributed by atoms with Gasteiger partial charge in [0.1, 0.15) is 17.8 Å². The summed E-state index contributed by atoms with van der Waals surface area (Å²) in [5.74, 6) is -6.10. The number of aromatic nitrogens is 2. The van der Waals surface area contributed by atoms with Crippen LogP contribution in [0.3, 0.4) is 0 Å². The second-order valence-electron chi connectivity index (χ2n) is 5.25. The first-order valence-electron chi connectivity index (χ1n) is 6.81. The molecule has 0 amide bonds. The van der Waals surface area contributed by atoms with E-state index in [9.17, 15) is 17.6 Å². The van der Waals surface area contributed by atoms with E-state index >= 15 is 0 Å². The van der Waals surface area contributed by atoms with Gasteiger partial charge in [0.2, 0.25) is 0 Å². The fourth-order valence-electron chi connectivity index (χ4n) is 2.25. The minimum Gasteiger partial charge on any atom is -0.335 e. The first-order valence-corrected chi connectivity index (χ1v) is 7.61. The Hall–Kier alpha value is -2.22. The molecule has 3 rings (SSSR count). The summed E-state index contributed by atoms with van der Waals surface area (Å²) in [4.78, 5) is 8.01. The number of anilines is 2. The van der Waals surface area contributed by atoms with Gasteiger partial charge in [-0.05, 0) is 53.0 Å². The SMILES string of the molecule is Cc1cc2ncnc(Nc3c(F)c(F)c(Br)c(F)c3F)c2cc1C. The summed E-state index contributed by atoms with van der Waals surface area (Å²) < 4.78 is 54.5. The van der Waals surface area contributed by atoms with Crippen LogP contribution in [0.1, 0.15) is 11.1 Å². The predicted octanol–water partition coefficient (Wildman–Crippen LogP) is 5.31. The first kappa shape index (κ1) is 16.6. The van der Waals surface area contributed by atoms with Gasteiger partial charge in [0, 0.05) is 5.39 Å². The molecule has 124 valence electrons. The van der Waals surface area contributed by atoms with Gasteiger partial charge in [0.05, 0.1) is 9.99 Å². The molecular weight excluding hydrogens is 390 g/mol. The predicted molar refractivity (Wildman–Crippen MR) is 86.3 cm³/mol. The zero-order valence-corrected chi connectivity index (χ0v) is 14.1. The average Bonchev–Trinajstić information content (AvgIpc) is 2.56. The Balaban J connectivity index is 2.20. The van der Waals surface area contributed by atoms with E-state index in [1.807, 2.05) is 13.8 Å². The van der Waals surface area contributed by atoms with E-state index in [0.29, 0.717) is 10.9 Å². The highest BCUT2D eigenvalue weighted by Gasteiger charge is 2.25. The third-order valence-corrected chi connectivity index (χ3v) is 4.40.